The summed E-state index contributed by atoms with van der Waals surface area (Å²) in [6.07, 6.45) is 3.58. The number of aromatic nitrogens is 3. The predicted octanol–water partition coefficient (Wildman–Crippen LogP) is 2.29. The van der Waals surface area contributed by atoms with E-state index in [1.807, 2.05) is 6.20 Å². The molecule has 0 atom stereocenters. The molecule has 24 heavy (non-hydrogen) atoms. The summed E-state index contributed by atoms with van der Waals surface area (Å²) < 4.78 is 5.29. The number of piperazine rings is 1. The average molecular weight is 323 g/mol. The van der Waals surface area contributed by atoms with E-state index < -0.39 is 0 Å². The first kappa shape index (κ1) is 15.0. The van der Waals surface area contributed by atoms with Crippen LogP contribution >= 0.6 is 0 Å². The molecule has 2 aromatic heterocycles. The zero-order valence-corrected chi connectivity index (χ0v) is 13.8. The highest BCUT2D eigenvalue weighted by atomic mass is 16.5. The van der Waals surface area contributed by atoms with Crippen molar-refractivity contribution in [2.45, 2.75) is 6.54 Å². The van der Waals surface area contributed by atoms with Crippen molar-refractivity contribution in [2.75, 3.05) is 38.2 Å². The molecule has 1 aromatic carbocycles. The molecule has 6 nitrogen and oxygen atoms in total. The van der Waals surface area contributed by atoms with Gasteiger partial charge in [-0.05, 0) is 12.1 Å². The summed E-state index contributed by atoms with van der Waals surface area (Å²) >= 11 is 0. The van der Waals surface area contributed by atoms with Crippen molar-refractivity contribution >= 4 is 16.7 Å². The quantitative estimate of drug-likeness (QED) is 0.798. The van der Waals surface area contributed by atoms with Crippen LogP contribution in [0.25, 0.3) is 11.0 Å². The Balaban J connectivity index is 1.44. The molecule has 3 heterocycles. The lowest BCUT2D eigenvalue weighted by Crippen LogP contribution is -2.45. The van der Waals surface area contributed by atoms with Gasteiger partial charge in [0.05, 0.1) is 12.6 Å². The van der Waals surface area contributed by atoms with Crippen molar-refractivity contribution in [1.82, 2.24) is 19.9 Å². The first-order valence-corrected chi connectivity index (χ1v) is 8.22. The number of ether oxygens (including phenoxy) is 1. The van der Waals surface area contributed by atoms with Gasteiger partial charge in [-0.3, -0.25) is 4.90 Å². The number of anilines is 1. The molecule has 0 saturated carbocycles. The molecule has 1 N–H and O–H groups in total. The Kier molecular flexibility index (Phi) is 4.04. The molecule has 0 spiro atoms. The standard InChI is InChI=1S/C18H21N5O/c1-24-18-17-16(20-13-21-18)14(11-19-17)12-22-7-9-23(10-8-22)15-5-3-2-4-6-15/h2-6,11,13,19H,7-10,12H2,1H3. The number of para-hydroxylation sites is 1. The van der Waals surface area contributed by atoms with E-state index >= 15 is 0 Å². The Bertz CT molecular complexity index is 809. The molecular weight excluding hydrogens is 302 g/mol. The van der Waals surface area contributed by atoms with Gasteiger partial charge in [-0.1, -0.05) is 18.2 Å². The minimum Gasteiger partial charge on any atom is -0.479 e. The molecule has 0 aliphatic carbocycles. The van der Waals surface area contributed by atoms with E-state index in [4.69, 9.17) is 4.74 Å². The van der Waals surface area contributed by atoms with Crippen LogP contribution in [0.4, 0.5) is 5.69 Å². The van der Waals surface area contributed by atoms with Crippen molar-refractivity contribution < 1.29 is 4.74 Å². The fraction of sp³-hybridized carbons (Fsp3) is 0.333. The number of hydrogen-bond donors (Lipinski definition) is 1. The lowest BCUT2D eigenvalue weighted by Gasteiger charge is -2.36. The zero-order valence-electron chi connectivity index (χ0n) is 13.8. The number of H-pyrrole nitrogens is 1. The van der Waals surface area contributed by atoms with E-state index in [2.05, 4.69) is 55.1 Å². The van der Waals surface area contributed by atoms with E-state index in [1.54, 1.807) is 13.4 Å². The minimum atomic E-state index is 0.597. The predicted molar refractivity (Wildman–Crippen MR) is 94.4 cm³/mol. The summed E-state index contributed by atoms with van der Waals surface area (Å²) in [5, 5.41) is 0. The first-order valence-electron chi connectivity index (χ1n) is 8.22. The second-order valence-corrected chi connectivity index (χ2v) is 6.02. The van der Waals surface area contributed by atoms with Gasteiger partial charge in [0.2, 0.25) is 5.88 Å². The van der Waals surface area contributed by atoms with Crippen molar-refractivity contribution in [2.24, 2.45) is 0 Å². The van der Waals surface area contributed by atoms with E-state index in [-0.39, 0.29) is 0 Å². The summed E-state index contributed by atoms with van der Waals surface area (Å²) in [5.74, 6) is 0.597. The molecule has 1 saturated heterocycles. The van der Waals surface area contributed by atoms with Gasteiger partial charge in [-0.2, -0.15) is 4.98 Å². The maximum Gasteiger partial charge on any atom is 0.241 e. The van der Waals surface area contributed by atoms with Crippen LogP contribution in [0.2, 0.25) is 0 Å². The third kappa shape index (κ3) is 2.80. The number of nitrogens with one attached hydrogen (secondary N) is 1. The van der Waals surface area contributed by atoms with Gasteiger partial charge in [0.15, 0.2) is 0 Å². The summed E-state index contributed by atoms with van der Waals surface area (Å²) in [6.45, 7) is 5.08. The average Bonchev–Trinajstić information content (AvgIpc) is 3.06. The molecule has 1 aliphatic rings. The van der Waals surface area contributed by atoms with Crippen LogP contribution in [0, 0.1) is 0 Å². The molecule has 124 valence electrons. The molecule has 0 unspecified atom stereocenters. The first-order chi connectivity index (χ1) is 11.8. The second kappa shape index (κ2) is 6.49. The third-order valence-electron chi connectivity index (χ3n) is 4.59. The monoisotopic (exact) mass is 323 g/mol. The Hall–Kier alpha value is -2.60. The van der Waals surface area contributed by atoms with Crippen molar-refractivity contribution in [3.8, 4) is 5.88 Å². The van der Waals surface area contributed by atoms with Crippen molar-refractivity contribution in [3.05, 3.63) is 48.4 Å². The lowest BCUT2D eigenvalue weighted by atomic mass is 10.2. The maximum atomic E-state index is 5.29. The summed E-state index contributed by atoms with van der Waals surface area (Å²) in [5.41, 5.74) is 4.32. The number of rotatable bonds is 4. The molecule has 0 radical (unpaired) electrons. The van der Waals surface area contributed by atoms with Crippen LogP contribution in [0.3, 0.4) is 0 Å². The van der Waals surface area contributed by atoms with Crippen LogP contribution in [0.1, 0.15) is 5.56 Å². The molecule has 3 aromatic rings. The van der Waals surface area contributed by atoms with E-state index in [0.29, 0.717) is 5.88 Å². The van der Waals surface area contributed by atoms with Gasteiger partial charge in [-0.25, -0.2) is 4.98 Å². The number of benzene rings is 1. The van der Waals surface area contributed by atoms with Gasteiger partial charge in [0, 0.05) is 50.2 Å². The summed E-state index contributed by atoms with van der Waals surface area (Å²) in [4.78, 5) is 16.7. The normalized spacial score (nSPS) is 15.8. The molecule has 4 rings (SSSR count). The number of aromatic amines is 1. The topological polar surface area (TPSA) is 57.3 Å². The highest BCUT2D eigenvalue weighted by Crippen LogP contribution is 2.24. The van der Waals surface area contributed by atoms with Gasteiger partial charge in [0.25, 0.3) is 0 Å². The second-order valence-electron chi connectivity index (χ2n) is 6.02. The largest absolute Gasteiger partial charge is 0.479 e. The SMILES string of the molecule is COc1ncnc2c(CN3CCN(c4ccccc4)CC3)c[nH]c12. The van der Waals surface area contributed by atoms with Gasteiger partial charge in [-0.15, -0.1) is 0 Å². The lowest BCUT2D eigenvalue weighted by molar-refractivity contribution is 0.250. The third-order valence-corrected chi connectivity index (χ3v) is 4.59. The van der Waals surface area contributed by atoms with Crippen molar-refractivity contribution in [1.29, 1.82) is 0 Å². The number of fused-ring (bicyclic) bond motifs is 1. The van der Waals surface area contributed by atoms with Crippen LogP contribution in [0.15, 0.2) is 42.9 Å². The van der Waals surface area contributed by atoms with E-state index in [0.717, 1.165) is 43.8 Å². The summed E-state index contributed by atoms with van der Waals surface area (Å²) in [7, 11) is 1.63. The van der Waals surface area contributed by atoms with Crippen LogP contribution in [-0.2, 0) is 6.54 Å². The Morgan fingerprint density at radius 3 is 2.62 bits per heavy atom. The number of methoxy groups -OCH3 is 1. The van der Waals surface area contributed by atoms with E-state index in [1.165, 1.54) is 11.3 Å². The minimum absolute atomic E-state index is 0.597. The molecule has 1 fully saturated rings. The van der Waals surface area contributed by atoms with Gasteiger partial charge in [0.1, 0.15) is 11.8 Å². The molecule has 6 heteroatoms. The van der Waals surface area contributed by atoms with Crippen LogP contribution in [0.5, 0.6) is 5.88 Å². The van der Waals surface area contributed by atoms with Crippen LogP contribution in [-0.4, -0.2) is 53.1 Å². The molecule has 0 amide bonds. The zero-order chi connectivity index (χ0) is 16.4. The highest BCUT2D eigenvalue weighted by Gasteiger charge is 2.19. The fourth-order valence-corrected chi connectivity index (χ4v) is 3.29. The molecular formula is C18H21N5O. The Morgan fingerprint density at radius 2 is 1.88 bits per heavy atom. The Labute approximate surface area is 141 Å². The number of hydrogen-bond acceptors (Lipinski definition) is 5. The highest BCUT2D eigenvalue weighted by molar-refractivity contribution is 5.82. The fourth-order valence-electron chi connectivity index (χ4n) is 3.29. The molecule has 1 aliphatic heterocycles. The van der Waals surface area contributed by atoms with Crippen molar-refractivity contribution in [3.63, 3.8) is 0 Å². The van der Waals surface area contributed by atoms with E-state index in [9.17, 15) is 0 Å². The van der Waals surface area contributed by atoms with Crippen LogP contribution < -0.4 is 9.64 Å². The smallest absolute Gasteiger partial charge is 0.241 e. The van der Waals surface area contributed by atoms with Gasteiger partial charge < -0.3 is 14.6 Å². The number of nitrogens with zero attached hydrogens (tertiary/aromatic N) is 4. The van der Waals surface area contributed by atoms with Gasteiger partial charge >= 0.3 is 0 Å². The summed E-state index contributed by atoms with van der Waals surface area (Å²) in [6, 6.07) is 10.6. The molecule has 0 bridgehead atoms. The maximum absolute atomic E-state index is 5.29. The Morgan fingerprint density at radius 1 is 1.08 bits per heavy atom.